The lowest BCUT2D eigenvalue weighted by atomic mass is 10.1. The average molecular weight is 475 g/mol. The maximum absolute atomic E-state index is 12.7. The number of hydrogen-bond donors (Lipinski definition) is 0. The topological polar surface area (TPSA) is 51.1 Å². The van der Waals surface area contributed by atoms with E-state index < -0.39 is 0 Å². The van der Waals surface area contributed by atoms with Crippen LogP contribution >= 0.6 is 27.7 Å². The molecule has 0 spiro atoms. The molecule has 0 unspecified atom stereocenters. The van der Waals surface area contributed by atoms with Crippen LogP contribution < -0.4 is 9.47 Å². The highest BCUT2D eigenvalue weighted by molar-refractivity contribution is 9.10. The number of hydrogen-bond acceptors (Lipinski definition) is 5. The fourth-order valence-electron chi connectivity index (χ4n) is 2.88. The second-order valence-electron chi connectivity index (χ2n) is 6.23. The molecule has 2 aromatic rings. The number of halogens is 1. The highest BCUT2D eigenvalue weighted by atomic mass is 79.9. The molecule has 3 rings (SSSR count). The number of likely N-dealkylation sites (N-methyl/N-ethyl adjacent to an activating group) is 1. The molecule has 1 aliphatic heterocycles. The van der Waals surface area contributed by atoms with Gasteiger partial charge in [-0.25, -0.2) is 0 Å². The molecule has 0 aliphatic carbocycles. The van der Waals surface area contributed by atoms with Crippen LogP contribution in [0.2, 0.25) is 0 Å². The predicted molar refractivity (Wildman–Crippen MR) is 122 cm³/mol. The van der Waals surface area contributed by atoms with Gasteiger partial charge in [0.1, 0.15) is 6.61 Å². The Balaban J connectivity index is 1.86. The zero-order valence-electron chi connectivity index (χ0n) is 16.6. The molecule has 0 atom stereocenters. The third-order valence-electron chi connectivity index (χ3n) is 4.27. The number of carbonyl (C=O) groups is 1. The van der Waals surface area contributed by atoms with Gasteiger partial charge >= 0.3 is 0 Å². The van der Waals surface area contributed by atoms with Crippen LogP contribution in [0.4, 0.5) is 0 Å². The lowest BCUT2D eigenvalue weighted by Gasteiger charge is -2.14. The van der Waals surface area contributed by atoms with Gasteiger partial charge in [0.25, 0.3) is 5.91 Å². The molecule has 1 fully saturated rings. The highest BCUT2D eigenvalue weighted by Crippen LogP contribution is 2.39. The normalized spacial score (nSPS) is 16.7. The smallest absolute Gasteiger partial charge is 0.266 e. The van der Waals surface area contributed by atoms with Crippen molar-refractivity contribution in [3.63, 3.8) is 0 Å². The molecule has 0 saturated carbocycles. The first-order chi connectivity index (χ1) is 14.1. The van der Waals surface area contributed by atoms with Gasteiger partial charge in [-0.2, -0.15) is 0 Å². The number of methoxy groups -OCH3 is 1. The number of rotatable bonds is 7. The third kappa shape index (κ3) is 5.03. The van der Waals surface area contributed by atoms with Crippen LogP contribution in [-0.2, 0) is 11.4 Å². The molecule has 7 heteroatoms. The summed E-state index contributed by atoms with van der Waals surface area (Å²) in [5.74, 6) is 1.21. The number of carbonyl (C=O) groups excluding carboxylic acids is 1. The minimum atomic E-state index is -0.0239. The number of amidine groups is 1. The van der Waals surface area contributed by atoms with Gasteiger partial charge in [0.15, 0.2) is 16.7 Å². The summed E-state index contributed by atoms with van der Waals surface area (Å²) in [6.07, 6.45) is 1.86. The second kappa shape index (κ2) is 9.98. The van der Waals surface area contributed by atoms with Crippen molar-refractivity contribution in [2.75, 3.05) is 20.2 Å². The molecule has 1 heterocycles. The SMILES string of the molecule is CCN=C1S/C(=C\c2cc(Br)c(OCc3ccccc3)c(OC)c2)C(=O)N1CC. The zero-order chi connectivity index (χ0) is 20.8. The quantitative estimate of drug-likeness (QED) is 0.507. The zero-order valence-corrected chi connectivity index (χ0v) is 19.0. The van der Waals surface area contributed by atoms with Crippen molar-refractivity contribution in [2.24, 2.45) is 4.99 Å². The summed E-state index contributed by atoms with van der Waals surface area (Å²) in [6.45, 7) is 5.59. The number of ether oxygens (including phenoxy) is 2. The first-order valence-electron chi connectivity index (χ1n) is 9.37. The third-order valence-corrected chi connectivity index (χ3v) is 5.91. The Kier molecular flexibility index (Phi) is 7.39. The number of thioether (sulfide) groups is 1. The predicted octanol–water partition coefficient (Wildman–Crippen LogP) is 5.35. The van der Waals surface area contributed by atoms with Crippen LogP contribution in [-0.4, -0.2) is 36.2 Å². The standard InChI is InChI=1S/C22H23BrN2O3S/c1-4-24-22-25(5-2)21(26)19(29-22)13-16-11-17(23)20(18(12-16)27-3)28-14-15-9-7-6-8-10-15/h6-13H,4-5,14H2,1-3H3/b19-13-,24-22?. The summed E-state index contributed by atoms with van der Waals surface area (Å²) in [5, 5.41) is 0.750. The Morgan fingerprint density at radius 1 is 1.21 bits per heavy atom. The molecule has 0 bridgehead atoms. The Hall–Kier alpha value is -2.25. The van der Waals surface area contributed by atoms with E-state index in [4.69, 9.17) is 9.47 Å². The van der Waals surface area contributed by atoms with Crippen molar-refractivity contribution in [1.29, 1.82) is 0 Å². The Morgan fingerprint density at radius 3 is 2.62 bits per heavy atom. The highest BCUT2D eigenvalue weighted by Gasteiger charge is 2.31. The molecule has 2 aromatic carbocycles. The fraction of sp³-hybridized carbons (Fsp3) is 0.273. The first-order valence-corrected chi connectivity index (χ1v) is 11.0. The van der Waals surface area contributed by atoms with Crippen LogP contribution in [0.3, 0.4) is 0 Å². The van der Waals surface area contributed by atoms with Gasteiger partial charge in [-0.1, -0.05) is 30.3 Å². The lowest BCUT2D eigenvalue weighted by molar-refractivity contribution is -0.122. The van der Waals surface area contributed by atoms with Crippen molar-refractivity contribution in [1.82, 2.24) is 4.90 Å². The fourth-order valence-corrected chi connectivity index (χ4v) is 4.56. The summed E-state index contributed by atoms with van der Waals surface area (Å²) in [6, 6.07) is 13.7. The van der Waals surface area contributed by atoms with E-state index in [-0.39, 0.29) is 5.91 Å². The van der Waals surface area contributed by atoms with Crippen LogP contribution in [0.25, 0.3) is 6.08 Å². The summed E-state index contributed by atoms with van der Waals surface area (Å²) >= 11 is 4.98. The summed E-state index contributed by atoms with van der Waals surface area (Å²) in [5.41, 5.74) is 1.92. The lowest BCUT2D eigenvalue weighted by Crippen LogP contribution is -2.28. The van der Waals surface area contributed by atoms with Gasteiger partial charge in [-0.3, -0.25) is 14.7 Å². The van der Waals surface area contributed by atoms with E-state index >= 15 is 0 Å². The van der Waals surface area contributed by atoms with E-state index in [1.165, 1.54) is 11.8 Å². The molecule has 1 amide bonds. The molecule has 0 aromatic heterocycles. The van der Waals surface area contributed by atoms with E-state index in [1.807, 2.05) is 62.4 Å². The van der Waals surface area contributed by atoms with E-state index in [9.17, 15) is 4.79 Å². The van der Waals surface area contributed by atoms with Gasteiger partial charge in [0.2, 0.25) is 0 Å². The first kappa shape index (κ1) is 21.5. The maximum atomic E-state index is 12.7. The van der Waals surface area contributed by atoms with Crippen molar-refractivity contribution in [2.45, 2.75) is 20.5 Å². The number of nitrogens with zero attached hydrogens (tertiary/aromatic N) is 2. The van der Waals surface area contributed by atoms with Gasteiger partial charge in [-0.05, 0) is 70.9 Å². The van der Waals surface area contributed by atoms with Gasteiger partial charge in [0, 0.05) is 13.1 Å². The molecule has 5 nitrogen and oxygen atoms in total. The van der Waals surface area contributed by atoms with Crippen molar-refractivity contribution in [3.8, 4) is 11.5 Å². The summed E-state index contributed by atoms with van der Waals surface area (Å²) in [7, 11) is 1.61. The number of aliphatic imine (C=N–C) groups is 1. The van der Waals surface area contributed by atoms with E-state index in [1.54, 1.807) is 12.0 Å². The van der Waals surface area contributed by atoms with Gasteiger partial charge in [0.05, 0.1) is 16.5 Å². The van der Waals surface area contributed by atoms with Crippen LogP contribution in [0.1, 0.15) is 25.0 Å². The molecule has 1 aliphatic rings. The maximum Gasteiger partial charge on any atom is 0.266 e. The Morgan fingerprint density at radius 2 is 1.97 bits per heavy atom. The van der Waals surface area contributed by atoms with Crippen molar-refractivity contribution >= 4 is 44.8 Å². The van der Waals surface area contributed by atoms with Crippen LogP contribution in [0.15, 0.2) is 56.8 Å². The average Bonchev–Trinajstić information content (AvgIpc) is 3.02. The number of amides is 1. The molecule has 152 valence electrons. The Labute approximate surface area is 183 Å². The van der Waals surface area contributed by atoms with E-state index in [0.717, 1.165) is 20.8 Å². The largest absolute Gasteiger partial charge is 0.493 e. The molecule has 0 radical (unpaired) electrons. The number of benzene rings is 2. The van der Waals surface area contributed by atoms with E-state index in [2.05, 4.69) is 20.9 Å². The minimum Gasteiger partial charge on any atom is -0.493 e. The molecule has 1 saturated heterocycles. The molecular weight excluding hydrogens is 452 g/mol. The minimum absolute atomic E-state index is 0.0239. The molecule has 0 N–H and O–H groups in total. The van der Waals surface area contributed by atoms with E-state index in [0.29, 0.717) is 36.1 Å². The second-order valence-corrected chi connectivity index (χ2v) is 8.09. The monoisotopic (exact) mass is 474 g/mol. The van der Waals surface area contributed by atoms with Gasteiger partial charge < -0.3 is 9.47 Å². The van der Waals surface area contributed by atoms with Crippen molar-refractivity contribution in [3.05, 3.63) is 63.0 Å². The van der Waals surface area contributed by atoms with Crippen LogP contribution in [0, 0.1) is 0 Å². The summed E-state index contributed by atoms with van der Waals surface area (Å²) in [4.78, 5) is 19.4. The van der Waals surface area contributed by atoms with Crippen LogP contribution in [0.5, 0.6) is 11.5 Å². The molecule has 29 heavy (non-hydrogen) atoms. The van der Waals surface area contributed by atoms with Crippen molar-refractivity contribution < 1.29 is 14.3 Å². The summed E-state index contributed by atoms with van der Waals surface area (Å²) < 4.78 is 12.3. The Bertz CT molecular complexity index is 945. The van der Waals surface area contributed by atoms with Gasteiger partial charge in [-0.15, -0.1) is 0 Å². The molecular formula is C22H23BrN2O3S.